The van der Waals surface area contributed by atoms with Crippen LogP contribution in [-0.2, 0) is 42.2 Å². The first-order valence-electron chi connectivity index (χ1n) is 26.9. The minimum atomic E-state index is -4.72. The average molecular weight is 933 g/mol. The SMILES string of the molecule is CCCCCCCCCCCCCCCCCC(=O)OCC(COP(=O)(O)OCC(CO)OC(=O)CCCCCCCCCCC)OC(=O)CCCCCCCCCCCCCCC. The van der Waals surface area contributed by atoms with E-state index in [9.17, 15) is 28.9 Å². The highest BCUT2D eigenvalue weighted by Gasteiger charge is 2.28. The molecule has 0 aromatic carbocycles. The number of hydrogen-bond donors (Lipinski definition) is 2. The van der Waals surface area contributed by atoms with Crippen molar-refractivity contribution in [2.45, 2.75) is 290 Å². The van der Waals surface area contributed by atoms with Crippen molar-refractivity contribution in [1.82, 2.24) is 0 Å². The maximum absolute atomic E-state index is 12.8. The lowest BCUT2D eigenvalue weighted by Gasteiger charge is -2.21. The molecule has 0 aromatic rings. The van der Waals surface area contributed by atoms with E-state index < -0.39 is 57.8 Å². The highest BCUT2D eigenvalue weighted by molar-refractivity contribution is 7.47. The minimum Gasteiger partial charge on any atom is -0.462 e. The van der Waals surface area contributed by atoms with Crippen LogP contribution in [0.3, 0.4) is 0 Å². The summed E-state index contributed by atoms with van der Waals surface area (Å²) in [5, 5.41) is 9.74. The van der Waals surface area contributed by atoms with Crippen molar-refractivity contribution in [3.63, 3.8) is 0 Å². The second-order valence-electron chi connectivity index (χ2n) is 18.4. The Morgan fingerprint density at radius 3 is 0.922 bits per heavy atom. The van der Waals surface area contributed by atoms with E-state index in [4.69, 9.17) is 23.3 Å². The van der Waals surface area contributed by atoms with Crippen molar-refractivity contribution in [1.29, 1.82) is 0 Å². The molecule has 0 amide bonds. The smallest absolute Gasteiger partial charge is 0.462 e. The van der Waals surface area contributed by atoms with Crippen molar-refractivity contribution >= 4 is 25.7 Å². The third kappa shape index (κ3) is 45.6. The number of phosphoric acid groups is 1. The molecule has 0 aromatic heterocycles. The van der Waals surface area contributed by atoms with Crippen LogP contribution in [0.1, 0.15) is 278 Å². The number of phosphoric ester groups is 1. The summed E-state index contributed by atoms with van der Waals surface area (Å²) in [7, 11) is -4.72. The Morgan fingerprint density at radius 2 is 0.625 bits per heavy atom. The summed E-state index contributed by atoms with van der Waals surface area (Å²) in [6.45, 7) is 4.66. The van der Waals surface area contributed by atoms with Crippen LogP contribution in [-0.4, -0.2) is 66.5 Å². The van der Waals surface area contributed by atoms with Crippen LogP contribution in [0, 0.1) is 0 Å². The monoisotopic (exact) mass is 933 g/mol. The quantitative estimate of drug-likeness (QED) is 0.0259. The van der Waals surface area contributed by atoms with Crippen LogP contribution in [0.25, 0.3) is 0 Å². The summed E-state index contributed by atoms with van der Waals surface area (Å²) >= 11 is 0. The summed E-state index contributed by atoms with van der Waals surface area (Å²) in [4.78, 5) is 48.2. The largest absolute Gasteiger partial charge is 0.472 e. The first kappa shape index (κ1) is 62.5. The number of unbranched alkanes of at least 4 members (excludes halogenated alkanes) is 34. The van der Waals surface area contributed by atoms with Gasteiger partial charge in [-0.15, -0.1) is 0 Å². The van der Waals surface area contributed by atoms with E-state index in [1.807, 2.05) is 0 Å². The number of aliphatic hydroxyl groups excluding tert-OH is 1. The topological polar surface area (TPSA) is 155 Å². The number of esters is 3. The Morgan fingerprint density at radius 1 is 0.375 bits per heavy atom. The molecule has 0 aliphatic heterocycles. The predicted molar refractivity (Wildman–Crippen MR) is 261 cm³/mol. The molecule has 3 unspecified atom stereocenters. The number of hydrogen-bond acceptors (Lipinski definition) is 10. The van der Waals surface area contributed by atoms with Gasteiger partial charge >= 0.3 is 25.7 Å². The van der Waals surface area contributed by atoms with Gasteiger partial charge in [0.25, 0.3) is 0 Å². The number of ether oxygens (including phenoxy) is 3. The molecule has 0 spiro atoms. The Labute approximate surface area is 393 Å². The molecule has 380 valence electrons. The van der Waals surface area contributed by atoms with E-state index in [2.05, 4.69) is 20.8 Å². The highest BCUT2D eigenvalue weighted by Crippen LogP contribution is 2.43. The molecule has 0 heterocycles. The van der Waals surface area contributed by atoms with Gasteiger partial charge in [0, 0.05) is 19.3 Å². The second kappa shape index (κ2) is 48.0. The molecule has 0 rings (SSSR count). The fourth-order valence-corrected chi connectivity index (χ4v) is 8.67. The van der Waals surface area contributed by atoms with Crippen molar-refractivity contribution in [2.24, 2.45) is 0 Å². The fraction of sp³-hybridized carbons (Fsp3) is 0.942. The van der Waals surface area contributed by atoms with Crippen LogP contribution in [0.4, 0.5) is 0 Å². The summed E-state index contributed by atoms with van der Waals surface area (Å²) in [5.74, 6) is -1.44. The predicted octanol–water partition coefficient (Wildman–Crippen LogP) is 15.1. The Kier molecular flexibility index (Phi) is 46.8. The first-order valence-corrected chi connectivity index (χ1v) is 28.4. The van der Waals surface area contributed by atoms with Crippen molar-refractivity contribution in [3.8, 4) is 0 Å². The summed E-state index contributed by atoms with van der Waals surface area (Å²) in [5.41, 5.74) is 0. The van der Waals surface area contributed by atoms with Gasteiger partial charge in [-0.2, -0.15) is 0 Å². The van der Waals surface area contributed by atoms with Gasteiger partial charge in [-0.25, -0.2) is 4.57 Å². The number of carbonyl (C=O) groups is 3. The number of rotatable bonds is 51. The Hall–Kier alpha value is -1.52. The van der Waals surface area contributed by atoms with E-state index in [0.717, 1.165) is 57.8 Å². The third-order valence-corrected chi connectivity index (χ3v) is 13.0. The highest BCUT2D eigenvalue weighted by atomic mass is 31.2. The molecule has 0 aliphatic rings. The molecule has 3 atom stereocenters. The fourth-order valence-electron chi connectivity index (χ4n) is 7.89. The van der Waals surface area contributed by atoms with Crippen LogP contribution in [0.5, 0.6) is 0 Å². The van der Waals surface area contributed by atoms with Gasteiger partial charge in [0.15, 0.2) is 6.10 Å². The number of carbonyl (C=O) groups excluding carboxylic acids is 3. The van der Waals surface area contributed by atoms with Gasteiger partial charge in [0.05, 0.1) is 19.8 Å². The van der Waals surface area contributed by atoms with Gasteiger partial charge in [0.1, 0.15) is 12.7 Å². The molecule has 11 nitrogen and oxygen atoms in total. The van der Waals surface area contributed by atoms with E-state index >= 15 is 0 Å². The van der Waals surface area contributed by atoms with E-state index in [-0.39, 0.29) is 25.9 Å². The maximum Gasteiger partial charge on any atom is 0.472 e. The van der Waals surface area contributed by atoms with Crippen molar-refractivity contribution < 1.29 is 52.2 Å². The maximum atomic E-state index is 12.8. The van der Waals surface area contributed by atoms with E-state index in [1.165, 1.54) is 161 Å². The molecular weight excluding hydrogens is 832 g/mol. The third-order valence-electron chi connectivity index (χ3n) is 12.0. The molecule has 0 fully saturated rings. The molecule has 64 heavy (non-hydrogen) atoms. The Balaban J connectivity index is 4.68. The van der Waals surface area contributed by atoms with Crippen molar-refractivity contribution in [2.75, 3.05) is 26.4 Å². The molecule has 0 saturated carbocycles. The zero-order valence-electron chi connectivity index (χ0n) is 41.8. The van der Waals surface area contributed by atoms with Gasteiger partial charge in [-0.1, -0.05) is 239 Å². The lowest BCUT2D eigenvalue weighted by atomic mass is 10.0. The molecule has 0 bridgehead atoms. The van der Waals surface area contributed by atoms with Crippen LogP contribution >= 0.6 is 7.82 Å². The van der Waals surface area contributed by atoms with Gasteiger partial charge in [0.2, 0.25) is 0 Å². The first-order chi connectivity index (χ1) is 31.2. The molecule has 12 heteroatoms. The molecule has 2 N–H and O–H groups in total. The summed E-state index contributed by atoms with van der Waals surface area (Å²) < 4.78 is 39.3. The molecule has 0 saturated heterocycles. The van der Waals surface area contributed by atoms with Crippen LogP contribution < -0.4 is 0 Å². The standard InChI is InChI=1S/C52H101O11P/c1-4-7-10-13-16-19-21-23-24-26-27-30-32-35-38-41-50(54)59-45-49(63-52(56)43-40-37-34-31-28-25-22-20-17-14-11-8-5-2)47-61-64(57,58)60-46-48(44-53)62-51(55)42-39-36-33-29-18-15-12-9-6-3/h48-49,53H,4-47H2,1-3H3,(H,57,58). The molecular formula is C52H101O11P. The normalized spacial score (nSPS) is 13.4. The van der Waals surface area contributed by atoms with Crippen LogP contribution in [0.2, 0.25) is 0 Å². The van der Waals surface area contributed by atoms with E-state index in [1.54, 1.807) is 0 Å². The zero-order chi connectivity index (χ0) is 47.0. The average Bonchev–Trinajstić information content (AvgIpc) is 3.28. The zero-order valence-corrected chi connectivity index (χ0v) is 42.7. The van der Waals surface area contributed by atoms with Gasteiger partial charge in [-0.3, -0.25) is 23.4 Å². The van der Waals surface area contributed by atoms with Crippen LogP contribution in [0.15, 0.2) is 0 Å². The Bertz CT molecular complexity index is 1090. The van der Waals surface area contributed by atoms with Gasteiger partial charge < -0.3 is 24.2 Å². The lowest BCUT2D eigenvalue weighted by Crippen LogP contribution is -2.30. The summed E-state index contributed by atoms with van der Waals surface area (Å²) in [6, 6.07) is 0. The second-order valence-corrected chi connectivity index (χ2v) is 19.9. The molecule has 0 radical (unpaired) electrons. The van der Waals surface area contributed by atoms with Crippen molar-refractivity contribution in [3.05, 3.63) is 0 Å². The summed E-state index contributed by atoms with van der Waals surface area (Å²) in [6.07, 6.45) is 42.1. The lowest BCUT2D eigenvalue weighted by molar-refractivity contribution is -0.161. The van der Waals surface area contributed by atoms with Gasteiger partial charge in [-0.05, 0) is 19.3 Å². The van der Waals surface area contributed by atoms with E-state index in [0.29, 0.717) is 19.3 Å². The molecule has 0 aliphatic carbocycles. The minimum absolute atomic E-state index is 0.178. The number of aliphatic hydroxyl groups is 1.